The Labute approximate surface area is 94.1 Å². The lowest BCUT2D eigenvalue weighted by molar-refractivity contribution is -0.128. The van der Waals surface area contributed by atoms with Gasteiger partial charge in [-0.15, -0.1) is 0 Å². The Hall–Kier alpha value is -1.90. The molecule has 0 unspecified atom stereocenters. The monoisotopic (exact) mass is 215 g/mol. The molecule has 0 radical (unpaired) electrons. The highest BCUT2D eigenvalue weighted by atomic mass is 16.5. The third kappa shape index (κ3) is 2.57. The van der Waals surface area contributed by atoms with Crippen LogP contribution in [0.1, 0.15) is 12.0 Å². The number of benzene rings is 1. The van der Waals surface area contributed by atoms with Gasteiger partial charge in [0.25, 0.3) is 6.47 Å². The summed E-state index contributed by atoms with van der Waals surface area (Å²) in [5.41, 5.74) is 2.18. The number of nitrogens with zero attached hydrogens (tertiary/aromatic N) is 1. The Bertz CT molecular complexity index is 482. The fraction of sp³-hybridized carbons (Fsp3) is 0.231. The predicted molar refractivity (Wildman–Crippen MR) is 62.1 cm³/mol. The van der Waals surface area contributed by atoms with Crippen LogP contribution in [0.5, 0.6) is 0 Å². The van der Waals surface area contributed by atoms with E-state index in [1.165, 1.54) is 5.56 Å². The van der Waals surface area contributed by atoms with Gasteiger partial charge in [-0.1, -0.05) is 18.2 Å². The van der Waals surface area contributed by atoms with E-state index in [0.29, 0.717) is 13.1 Å². The van der Waals surface area contributed by atoms with E-state index in [0.717, 1.165) is 23.7 Å². The standard InChI is InChI=1S/C13H13NO2/c15-10-16-7-3-4-11-8-12-5-1-2-6-13(12)14-9-11/h1-2,5-6,8-10H,3-4,7H2. The average Bonchev–Trinajstić information content (AvgIpc) is 2.34. The lowest BCUT2D eigenvalue weighted by Gasteiger charge is -2.02. The van der Waals surface area contributed by atoms with Gasteiger partial charge >= 0.3 is 0 Å². The first-order chi connectivity index (χ1) is 7.90. The van der Waals surface area contributed by atoms with Gasteiger partial charge in [0.15, 0.2) is 0 Å². The summed E-state index contributed by atoms with van der Waals surface area (Å²) in [5.74, 6) is 0. The number of fused-ring (bicyclic) bond motifs is 1. The van der Waals surface area contributed by atoms with Crippen molar-refractivity contribution in [3.05, 3.63) is 42.1 Å². The second-order valence-corrected chi connectivity index (χ2v) is 3.61. The molecule has 2 rings (SSSR count). The molecule has 0 spiro atoms. The van der Waals surface area contributed by atoms with Gasteiger partial charge in [-0.05, 0) is 30.5 Å². The zero-order valence-corrected chi connectivity index (χ0v) is 8.93. The number of para-hydroxylation sites is 1. The molecule has 82 valence electrons. The summed E-state index contributed by atoms with van der Waals surface area (Å²) >= 11 is 0. The number of pyridine rings is 1. The van der Waals surface area contributed by atoms with E-state index in [9.17, 15) is 4.79 Å². The number of aryl methyl sites for hydroxylation is 1. The molecule has 1 aromatic carbocycles. The van der Waals surface area contributed by atoms with Crippen LogP contribution in [-0.2, 0) is 16.0 Å². The van der Waals surface area contributed by atoms with Crippen molar-refractivity contribution in [1.82, 2.24) is 4.98 Å². The van der Waals surface area contributed by atoms with Crippen LogP contribution in [0.15, 0.2) is 36.5 Å². The first-order valence-corrected chi connectivity index (χ1v) is 5.29. The van der Waals surface area contributed by atoms with Crippen LogP contribution >= 0.6 is 0 Å². The molecule has 0 atom stereocenters. The quantitative estimate of drug-likeness (QED) is 0.567. The molecular formula is C13H13NO2. The highest BCUT2D eigenvalue weighted by molar-refractivity contribution is 5.78. The minimum Gasteiger partial charge on any atom is -0.468 e. The van der Waals surface area contributed by atoms with Gasteiger partial charge in [0.05, 0.1) is 12.1 Å². The summed E-state index contributed by atoms with van der Waals surface area (Å²) in [6.07, 6.45) is 3.59. The molecule has 16 heavy (non-hydrogen) atoms. The van der Waals surface area contributed by atoms with Gasteiger partial charge in [-0.2, -0.15) is 0 Å². The van der Waals surface area contributed by atoms with Crippen LogP contribution in [0.3, 0.4) is 0 Å². The van der Waals surface area contributed by atoms with Gasteiger partial charge in [0.1, 0.15) is 0 Å². The first kappa shape index (κ1) is 10.6. The van der Waals surface area contributed by atoms with Crippen molar-refractivity contribution in [1.29, 1.82) is 0 Å². The Morgan fingerprint density at radius 3 is 3.06 bits per heavy atom. The molecule has 0 saturated heterocycles. The third-order valence-electron chi connectivity index (χ3n) is 2.44. The SMILES string of the molecule is O=COCCCc1cnc2ccccc2c1. The van der Waals surface area contributed by atoms with Crippen LogP contribution in [0, 0.1) is 0 Å². The number of ether oxygens (including phenoxy) is 1. The summed E-state index contributed by atoms with van der Waals surface area (Å²) in [7, 11) is 0. The molecule has 0 amide bonds. The molecule has 1 heterocycles. The number of hydrogen-bond acceptors (Lipinski definition) is 3. The van der Waals surface area contributed by atoms with Crippen LogP contribution < -0.4 is 0 Å². The zero-order valence-electron chi connectivity index (χ0n) is 8.93. The second-order valence-electron chi connectivity index (χ2n) is 3.61. The van der Waals surface area contributed by atoms with E-state index in [4.69, 9.17) is 0 Å². The molecule has 0 aliphatic rings. The Morgan fingerprint density at radius 2 is 2.19 bits per heavy atom. The van der Waals surface area contributed by atoms with E-state index in [1.54, 1.807) is 0 Å². The van der Waals surface area contributed by atoms with Crippen molar-refractivity contribution in [3.63, 3.8) is 0 Å². The third-order valence-corrected chi connectivity index (χ3v) is 2.44. The maximum atomic E-state index is 9.96. The molecule has 0 bridgehead atoms. The number of aromatic nitrogens is 1. The van der Waals surface area contributed by atoms with Gasteiger partial charge < -0.3 is 4.74 Å². The van der Waals surface area contributed by atoms with Crippen molar-refractivity contribution in [2.24, 2.45) is 0 Å². The molecule has 0 saturated carbocycles. The van der Waals surface area contributed by atoms with Crippen LogP contribution in [0.4, 0.5) is 0 Å². The Morgan fingerprint density at radius 1 is 1.31 bits per heavy atom. The Kier molecular flexibility index (Phi) is 3.49. The number of carbonyl (C=O) groups is 1. The van der Waals surface area contributed by atoms with Gasteiger partial charge in [0.2, 0.25) is 0 Å². The summed E-state index contributed by atoms with van der Waals surface area (Å²) in [6, 6.07) is 10.2. The van der Waals surface area contributed by atoms with Crippen molar-refractivity contribution in [2.45, 2.75) is 12.8 Å². The molecule has 0 aliphatic carbocycles. The lowest BCUT2D eigenvalue weighted by atomic mass is 10.1. The smallest absolute Gasteiger partial charge is 0.293 e. The van der Waals surface area contributed by atoms with Crippen LogP contribution in [0.2, 0.25) is 0 Å². The lowest BCUT2D eigenvalue weighted by Crippen LogP contribution is -1.95. The van der Waals surface area contributed by atoms with Crippen molar-refractivity contribution >= 4 is 17.4 Å². The van der Waals surface area contributed by atoms with Crippen molar-refractivity contribution in [2.75, 3.05) is 6.61 Å². The van der Waals surface area contributed by atoms with Gasteiger partial charge in [-0.3, -0.25) is 9.78 Å². The van der Waals surface area contributed by atoms with Crippen molar-refractivity contribution < 1.29 is 9.53 Å². The molecule has 0 N–H and O–H groups in total. The highest BCUT2D eigenvalue weighted by Crippen LogP contribution is 2.13. The fourth-order valence-electron chi connectivity index (χ4n) is 1.66. The topological polar surface area (TPSA) is 39.2 Å². The summed E-state index contributed by atoms with van der Waals surface area (Å²) in [5, 5.41) is 1.15. The van der Waals surface area contributed by atoms with E-state index in [-0.39, 0.29) is 0 Å². The number of hydrogen-bond donors (Lipinski definition) is 0. The molecule has 3 heteroatoms. The molecular weight excluding hydrogens is 202 g/mol. The van der Waals surface area contributed by atoms with E-state index >= 15 is 0 Å². The maximum absolute atomic E-state index is 9.96. The fourth-order valence-corrected chi connectivity index (χ4v) is 1.66. The van der Waals surface area contributed by atoms with Crippen LogP contribution in [-0.4, -0.2) is 18.1 Å². The average molecular weight is 215 g/mol. The maximum Gasteiger partial charge on any atom is 0.293 e. The van der Waals surface area contributed by atoms with Crippen molar-refractivity contribution in [3.8, 4) is 0 Å². The highest BCUT2D eigenvalue weighted by Gasteiger charge is 1.97. The minimum absolute atomic E-state index is 0.469. The number of carbonyl (C=O) groups excluding carboxylic acids is 1. The number of rotatable bonds is 5. The van der Waals surface area contributed by atoms with E-state index < -0.39 is 0 Å². The molecule has 1 aromatic heterocycles. The largest absolute Gasteiger partial charge is 0.468 e. The Balaban J connectivity index is 2.05. The molecule has 0 aliphatic heterocycles. The summed E-state index contributed by atoms with van der Waals surface area (Å²) < 4.78 is 4.64. The zero-order chi connectivity index (χ0) is 11.2. The minimum atomic E-state index is 0.469. The van der Waals surface area contributed by atoms with Crippen LogP contribution in [0.25, 0.3) is 10.9 Å². The van der Waals surface area contributed by atoms with Gasteiger partial charge in [0, 0.05) is 11.6 Å². The summed E-state index contributed by atoms with van der Waals surface area (Å²) in [4.78, 5) is 14.3. The second kappa shape index (κ2) is 5.26. The molecule has 3 nitrogen and oxygen atoms in total. The normalized spacial score (nSPS) is 10.2. The summed E-state index contributed by atoms with van der Waals surface area (Å²) in [6.45, 7) is 0.953. The van der Waals surface area contributed by atoms with E-state index in [1.807, 2.05) is 30.5 Å². The molecule has 2 aromatic rings. The first-order valence-electron chi connectivity index (χ1n) is 5.29. The predicted octanol–water partition coefficient (Wildman–Crippen LogP) is 2.34. The molecule has 0 fully saturated rings. The van der Waals surface area contributed by atoms with Gasteiger partial charge in [-0.25, -0.2) is 0 Å². The van der Waals surface area contributed by atoms with E-state index in [2.05, 4.69) is 15.8 Å².